The van der Waals surface area contributed by atoms with Crippen molar-refractivity contribution >= 4 is 5.91 Å². The number of rotatable bonds is 3. The molecule has 2 aliphatic rings. The van der Waals surface area contributed by atoms with Crippen molar-refractivity contribution in [3.8, 4) is 5.75 Å². The fourth-order valence-electron chi connectivity index (χ4n) is 2.73. The number of nitrogens with zero attached hydrogens (tertiary/aromatic N) is 1. The molecule has 96 valence electrons. The molecule has 18 heavy (non-hydrogen) atoms. The Kier molecular flexibility index (Phi) is 2.77. The van der Waals surface area contributed by atoms with Gasteiger partial charge >= 0.3 is 0 Å². The Bertz CT molecular complexity index is 479. The molecule has 1 heterocycles. The van der Waals surface area contributed by atoms with Crippen molar-refractivity contribution in [3.63, 3.8) is 0 Å². The van der Waals surface area contributed by atoms with Gasteiger partial charge in [-0.1, -0.05) is 12.1 Å². The summed E-state index contributed by atoms with van der Waals surface area (Å²) in [6, 6.07) is 6.53. The third-order valence-corrected chi connectivity index (χ3v) is 4.06. The monoisotopic (exact) mass is 245 g/mol. The maximum atomic E-state index is 12.4. The third-order valence-electron chi connectivity index (χ3n) is 4.06. The lowest BCUT2D eigenvalue weighted by molar-refractivity contribution is -0.131. The summed E-state index contributed by atoms with van der Waals surface area (Å²) in [5, 5.41) is 0. The Hall–Kier alpha value is -1.51. The summed E-state index contributed by atoms with van der Waals surface area (Å²) in [6.45, 7) is 2.75. The number of fused-ring (bicyclic) bond motifs is 1. The molecule has 0 aromatic heterocycles. The Labute approximate surface area is 108 Å². The van der Waals surface area contributed by atoms with Crippen LogP contribution in [0, 0.1) is 0 Å². The molecule has 0 spiro atoms. The lowest BCUT2D eigenvalue weighted by atomic mass is 9.93. The average Bonchev–Trinajstić information content (AvgIpc) is 3.13. The average molecular weight is 245 g/mol. The maximum absolute atomic E-state index is 12.4. The standard InChI is InChI=1S/C15H19NO2/c1-10(15(17)16(2)11-6-7-11)12-4-3-5-14-13(12)8-9-18-14/h3-5,10-11H,6-9H2,1-2H3. The normalized spacial score (nSPS) is 19.0. The SMILES string of the molecule is CC(C(=O)N(C)C1CC1)c1cccc2c1CCO2. The van der Waals surface area contributed by atoms with E-state index in [2.05, 4.69) is 6.07 Å². The van der Waals surface area contributed by atoms with Crippen molar-refractivity contribution in [2.45, 2.75) is 38.1 Å². The molecule has 3 heteroatoms. The highest BCUT2D eigenvalue weighted by molar-refractivity contribution is 5.84. The summed E-state index contributed by atoms with van der Waals surface area (Å²) in [7, 11) is 1.93. The van der Waals surface area contributed by atoms with Crippen LogP contribution in [0.15, 0.2) is 18.2 Å². The molecular weight excluding hydrogens is 226 g/mol. The molecule has 1 fully saturated rings. The van der Waals surface area contributed by atoms with E-state index in [0.29, 0.717) is 6.04 Å². The zero-order chi connectivity index (χ0) is 12.7. The molecular formula is C15H19NO2. The largest absolute Gasteiger partial charge is 0.493 e. The number of benzene rings is 1. The van der Waals surface area contributed by atoms with Crippen LogP contribution < -0.4 is 4.74 Å². The van der Waals surface area contributed by atoms with Gasteiger partial charge in [-0.15, -0.1) is 0 Å². The van der Waals surface area contributed by atoms with Crippen molar-refractivity contribution in [1.82, 2.24) is 4.90 Å². The molecule has 1 aromatic carbocycles. The van der Waals surface area contributed by atoms with Gasteiger partial charge in [0, 0.05) is 25.1 Å². The lowest BCUT2D eigenvalue weighted by Gasteiger charge is -2.22. The zero-order valence-electron chi connectivity index (χ0n) is 11.0. The Morgan fingerprint density at radius 1 is 1.44 bits per heavy atom. The first-order chi connectivity index (χ1) is 8.68. The second-order valence-corrected chi connectivity index (χ2v) is 5.32. The van der Waals surface area contributed by atoms with Gasteiger partial charge in [0.15, 0.2) is 0 Å². The summed E-state index contributed by atoms with van der Waals surface area (Å²) in [4.78, 5) is 14.3. The smallest absolute Gasteiger partial charge is 0.229 e. The van der Waals surface area contributed by atoms with E-state index in [1.54, 1.807) is 0 Å². The van der Waals surface area contributed by atoms with Gasteiger partial charge in [0.05, 0.1) is 12.5 Å². The number of hydrogen-bond donors (Lipinski definition) is 0. The second-order valence-electron chi connectivity index (χ2n) is 5.32. The van der Waals surface area contributed by atoms with Gasteiger partial charge in [-0.25, -0.2) is 0 Å². The molecule has 1 aliphatic heterocycles. The van der Waals surface area contributed by atoms with Crippen molar-refractivity contribution in [2.24, 2.45) is 0 Å². The van der Waals surface area contributed by atoms with E-state index in [0.717, 1.165) is 37.2 Å². The number of hydrogen-bond acceptors (Lipinski definition) is 2. The van der Waals surface area contributed by atoms with Gasteiger partial charge in [0.1, 0.15) is 5.75 Å². The molecule has 1 aliphatic carbocycles. The molecule has 0 radical (unpaired) electrons. The predicted molar refractivity (Wildman–Crippen MR) is 69.8 cm³/mol. The molecule has 1 amide bonds. The first-order valence-electron chi connectivity index (χ1n) is 6.69. The van der Waals surface area contributed by atoms with Crippen LogP contribution in [0.4, 0.5) is 0 Å². The zero-order valence-corrected chi connectivity index (χ0v) is 11.0. The first-order valence-corrected chi connectivity index (χ1v) is 6.69. The van der Waals surface area contributed by atoms with Crippen LogP contribution in [-0.2, 0) is 11.2 Å². The highest BCUT2D eigenvalue weighted by Crippen LogP contribution is 2.34. The molecule has 0 saturated heterocycles. The van der Waals surface area contributed by atoms with Crippen LogP contribution in [0.25, 0.3) is 0 Å². The van der Waals surface area contributed by atoms with Crippen LogP contribution in [0.1, 0.15) is 36.8 Å². The van der Waals surface area contributed by atoms with Gasteiger partial charge in [0.25, 0.3) is 0 Å². The molecule has 3 rings (SSSR count). The highest BCUT2D eigenvalue weighted by atomic mass is 16.5. The first kappa shape index (κ1) is 11.6. The van der Waals surface area contributed by atoms with Crippen LogP contribution >= 0.6 is 0 Å². The lowest BCUT2D eigenvalue weighted by Crippen LogP contribution is -2.32. The van der Waals surface area contributed by atoms with E-state index in [1.165, 1.54) is 5.56 Å². The summed E-state index contributed by atoms with van der Waals surface area (Å²) in [5.74, 6) is 1.13. The van der Waals surface area contributed by atoms with E-state index in [-0.39, 0.29) is 11.8 Å². The molecule has 1 atom stereocenters. The fourth-order valence-corrected chi connectivity index (χ4v) is 2.73. The number of carbonyl (C=O) groups excluding carboxylic acids is 1. The molecule has 1 saturated carbocycles. The van der Waals surface area contributed by atoms with Gasteiger partial charge in [-0.3, -0.25) is 4.79 Å². The molecule has 3 nitrogen and oxygen atoms in total. The van der Waals surface area contributed by atoms with E-state index >= 15 is 0 Å². The Morgan fingerprint density at radius 3 is 2.94 bits per heavy atom. The van der Waals surface area contributed by atoms with E-state index < -0.39 is 0 Å². The quantitative estimate of drug-likeness (QED) is 0.818. The van der Waals surface area contributed by atoms with Crippen molar-refractivity contribution in [1.29, 1.82) is 0 Å². The number of ether oxygens (including phenoxy) is 1. The van der Waals surface area contributed by atoms with Crippen LogP contribution in [-0.4, -0.2) is 30.5 Å². The number of amides is 1. The minimum absolute atomic E-state index is 0.0627. The van der Waals surface area contributed by atoms with Crippen molar-refractivity contribution in [3.05, 3.63) is 29.3 Å². The van der Waals surface area contributed by atoms with Gasteiger partial charge in [0.2, 0.25) is 5.91 Å². The van der Waals surface area contributed by atoms with E-state index in [1.807, 2.05) is 31.0 Å². The minimum Gasteiger partial charge on any atom is -0.493 e. The minimum atomic E-state index is -0.0627. The predicted octanol–water partition coefficient (Wildman–Crippen LogP) is 2.35. The summed E-state index contributed by atoms with van der Waals surface area (Å²) in [6.07, 6.45) is 3.24. The fraction of sp³-hybridized carbons (Fsp3) is 0.533. The molecule has 0 bridgehead atoms. The third kappa shape index (κ3) is 1.88. The highest BCUT2D eigenvalue weighted by Gasteiger charge is 2.33. The van der Waals surface area contributed by atoms with E-state index in [4.69, 9.17) is 4.74 Å². The topological polar surface area (TPSA) is 29.5 Å². The van der Waals surface area contributed by atoms with Gasteiger partial charge in [-0.2, -0.15) is 0 Å². The maximum Gasteiger partial charge on any atom is 0.229 e. The molecule has 0 N–H and O–H groups in total. The van der Waals surface area contributed by atoms with Crippen LogP contribution in [0.5, 0.6) is 5.75 Å². The Morgan fingerprint density at radius 2 is 2.22 bits per heavy atom. The van der Waals surface area contributed by atoms with Gasteiger partial charge < -0.3 is 9.64 Å². The van der Waals surface area contributed by atoms with Crippen LogP contribution in [0.2, 0.25) is 0 Å². The van der Waals surface area contributed by atoms with Gasteiger partial charge in [-0.05, 0) is 31.4 Å². The summed E-state index contributed by atoms with van der Waals surface area (Å²) in [5.41, 5.74) is 2.37. The van der Waals surface area contributed by atoms with Crippen molar-refractivity contribution in [2.75, 3.05) is 13.7 Å². The molecule has 1 aromatic rings. The molecule has 1 unspecified atom stereocenters. The number of carbonyl (C=O) groups is 1. The van der Waals surface area contributed by atoms with Crippen molar-refractivity contribution < 1.29 is 9.53 Å². The Balaban J connectivity index is 1.85. The second kappa shape index (κ2) is 4.30. The van der Waals surface area contributed by atoms with Crippen LogP contribution in [0.3, 0.4) is 0 Å². The van der Waals surface area contributed by atoms with E-state index in [9.17, 15) is 4.79 Å². The number of likely N-dealkylation sites (N-methyl/N-ethyl adjacent to an activating group) is 1. The summed E-state index contributed by atoms with van der Waals surface area (Å²) < 4.78 is 5.56. The summed E-state index contributed by atoms with van der Waals surface area (Å²) >= 11 is 0.